The molecule has 0 saturated carbocycles. The molecule has 0 bridgehead atoms. The molecular formula is C47H32N2. The number of nitrogens with zero attached hydrogens (tertiary/aromatic N) is 2. The number of hydrogen-bond acceptors (Lipinski definition) is 2. The van der Waals surface area contributed by atoms with Crippen LogP contribution in [-0.4, -0.2) is 4.98 Å². The van der Waals surface area contributed by atoms with Gasteiger partial charge in [0.1, 0.15) is 5.82 Å². The fraction of sp³-hybridized carbons (Fsp3) is 0. The molecule has 8 aromatic carbocycles. The monoisotopic (exact) mass is 624 g/mol. The number of para-hydroxylation sites is 2. The van der Waals surface area contributed by atoms with Gasteiger partial charge < -0.3 is 0 Å². The molecule has 0 aliphatic heterocycles. The van der Waals surface area contributed by atoms with Gasteiger partial charge in [-0.05, 0) is 92.7 Å². The van der Waals surface area contributed by atoms with Gasteiger partial charge in [0.05, 0.1) is 11.2 Å². The highest BCUT2D eigenvalue weighted by molar-refractivity contribution is 6.22. The van der Waals surface area contributed by atoms with Crippen molar-refractivity contribution in [2.24, 2.45) is 0 Å². The second-order valence-electron chi connectivity index (χ2n) is 12.4. The van der Waals surface area contributed by atoms with Crippen molar-refractivity contribution in [3.63, 3.8) is 0 Å². The zero-order valence-electron chi connectivity index (χ0n) is 26.9. The number of benzene rings is 8. The van der Waals surface area contributed by atoms with E-state index in [0.717, 1.165) is 28.1 Å². The highest BCUT2D eigenvalue weighted by Gasteiger charge is 2.23. The lowest BCUT2D eigenvalue weighted by Crippen LogP contribution is -2.13. The first-order valence-corrected chi connectivity index (χ1v) is 16.7. The minimum atomic E-state index is 0.880. The van der Waals surface area contributed by atoms with E-state index in [1.165, 1.54) is 54.9 Å². The van der Waals surface area contributed by atoms with Gasteiger partial charge in [-0.15, -0.1) is 0 Å². The first-order valence-electron chi connectivity index (χ1n) is 16.7. The number of hydrogen-bond donors (Lipinski definition) is 0. The first-order chi connectivity index (χ1) is 24.3. The molecule has 1 heterocycles. The molecule has 2 heteroatoms. The smallest absolute Gasteiger partial charge is 0.138 e. The molecule has 230 valence electrons. The molecule has 0 fully saturated rings. The van der Waals surface area contributed by atoms with Crippen LogP contribution in [0.4, 0.5) is 17.2 Å². The fourth-order valence-electron chi connectivity index (χ4n) is 7.16. The molecule has 2 nitrogen and oxygen atoms in total. The van der Waals surface area contributed by atoms with Crippen molar-refractivity contribution in [1.82, 2.24) is 4.98 Å². The van der Waals surface area contributed by atoms with Crippen LogP contribution >= 0.6 is 0 Å². The Morgan fingerprint density at radius 1 is 0.347 bits per heavy atom. The van der Waals surface area contributed by atoms with E-state index in [1.54, 1.807) is 0 Å². The summed E-state index contributed by atoms with van der Waals surface area (Å²) in [6.07, 6.45) is 0. The summed E-state index contributed by atoms with van der Waals surface area (Å²) >= 11 is 0. The molecule has 0 radical (unpaired) electrons. The molecule has 0 spiro atoms. The molecule has 0 aliphatic rings. The van der Waals surface area contributed by atoms with E-state index < -0.39 is 0 Å². The SMILES string of the molecule is c1ccc(-c2cc(-c3ccccc3)cc(-c3c4ccccc4c(N(c4ccccc4)c4ccc5ccccc5n4)c4ccccc34)c2)cc1. The largest absolute Gasteiger partial charge is 0.294 e. The third kappa shape index (κ3) is 5.21. The minimum Gasteiger partial charge on any atom is -0.294 e. The van der Waals surface area contributed by atoms with Gasteiger partial charge in [0, 0.05) is 21.8 Å². The highest BCUT2D eigenvalue weighted by atomic mass is 15.2. The maximum absolute atomic E-state index is 5.24. The van der Waals surface area contributed by atoms with Crippen molar-refractivity contribution in [1.29, 1.82) is 0 Å². The standard InChI is InChI=1S/C47H32N2/c1-4-16-33(17-5-1)36-30-37(34-18-6-2-7-19-34)32-38(31-36)46-40-23-11-13-25-42(40)47(43-26-14-12-24-41(43)46)49(39-21-8-3-9-22-39)45-29-28-35-20-10-15-27-44(35)48-45/h1-32H. The van der Waals surface area contributed by atoms with E-state index in [4.69, 9.17) is 4.98 Å². The molecule has 0 aliphatic carbocycles. The molecule has 0 saturated heterocycles. The summed E-state index contributed by atoms with van der Waals surface area (Å²) in [5.41, 5.74) is 10.3. The molecule has 0 atom stereocenters. The normalized spacial score (nSPS) is 11.3. The summed E-state index contributed by atoms with van der Waals surface area (Å²) in [5.74, 6) is 0.880. The Labute approximate surface area is 286 Å². The fourth-order valence-corrected chi connectivity index (χ4v) is 7.16. The molecule has 9 rings (SSSR count). The zero-order chi connectivity index (χ0) is 32.6. The van der Waals surface area contributed by atoms with Gasteiger partial charge in [-0.25, -0.2) is 4.98 Å². The van der Waals surface area contributed by atoms with E-state index >= 15 is 0 Å². The maximum Gasteiger partial charge on any atom is 0.138 e. The van der Waals surface area contributed by atoms with Gasteiger partial charge in [0.15, 0.2) is 0 Å². The van der Waals surface area contributed by atoms with Crippen molar-refractivity contribution >= 4 is 49.6 Å². The number of pyridine rings is 1. The van der Waals surface area contributed by atoms with Gasteiger partial charge in [-0.1, -0.05) is 146 Å². The predicted octanol–water partition coefficient (Wildman–Crippen LogP) is 13.0. The van der Waals surface area contributed by atoms with E-state index in [-0.39, 0.29) is 0 Å². The second kappa shape index (κ2) is 12.3. The Bertz CT molecular complexity index is 2480. The Kier molecular flexibility index (Phi) is 7.18. The van der Waals surface area contributed by atoms with Crippen molar-refractivity contribution < 1.29 is 0 Å². The molecule has 0 unspecified atom stereocenters. The van der Waals surface area contributed by atoms with Crippen LogP contribution in [0, 0.1) is 0 Å². The third-order valence-corrected chi connectivity index (χ3v) is 9.39. The molecule has 9 aromatic rings. The highest BCUT2D eigenvalue weighted by Crippen LogP contribution is 2.48. The molecule has 49 heavy (non-hydrogen) atoms. The van der Waals surface area contributed by atoms with Crippen LogP contribution in [-0.2, 0) is 0 Å². The van der Waals surface area contributed by atoms with E-state index in [2.05, 4.69) is 199 Å². The average Bonchev–Trinajstić information content (AvgIpc) is 3.18. The number of fused-ring (bicyclic) bond motifs is 3. The van der Waals surface area contributed by atoms with Crippen molar-refractivity contribution in [2.75, 3.05) is 4.90 Å². The van der Waals surface area contributed by atoms with Crippen molar-refractivity contribution in [3.05, 3.63) is 194 Å². The summed E-state index contributed by atoms with van der Waals surface area (Å²) in [5, 5.41) is 5.85. The second-order valence-corrected chi connectivity index (χ2v) is 12.4. The van der Waals surface area contributed by atoms with Gasteiger partial charge in [-0.3, -0.25) is 4.90 Å². The van der Waals surface area contributed by atoms with E-state index in [9.17, 15) is 0 Å². The van der Waals surface area contributed by atoms with Crippen molar-refractivity contribution in [2.45, 2.75) is 0 Å². The van der Waals surface area contributed by atoms with Gasteiger partial charge in [0.25, 0.3) is 0 Å². The Morgan fingerprint density at radius 2 is 0.816 bits per heavy atom. The quantitative estimate of drug-likeness (QED) is 0.171. The average molecular weight is 625 g/mol. The summed E-state index contributed by atoms with van der Waals surface area (Å²) in [4.78, 5) is 7.57. The molecular weight excluding hydrogens is 593 g/mol. The third-order valence-electron chi connectivity index (χ3n) is 9.39. The van der Waals surface area contributed by atoms with Crippen molar-refractivity contribution in [3.8, 4) is 33.4 Å². The van der Waals surface area contributed by atoms with Crippen LogP contribution in [0.5, 0.6) is 0 Å². The van der Waals surface area contributed by atoms with Crippen LogP contribution in [0.15, 0.2) is 194 Å². The van der Waals surface area contributed by atoms with Gasteiger partial charge in [-0.2, -0.15) is 0 Å². The van der Waals surface area contributed by atoms with Gasteiger partial charge in [0.2, 0.25) is 0 Å². The van der Waals surface area contributed by atoms with Crippen LogP contribution in [0.25, 0.3) is 65.8 Å². The van der Waals surface area contributed by atoms with Crippen LogP contribution in [0.1, 0.15) is 0 Å². The predicted molar refractivity (Wildman–Crippen MR) is 208 cm³/mol. The Balaban J connectivity index is 1.37. The number of rotatable bonds is 6. The van der Waals surface area contributed by atoms with Crippen LogP contribution in [0.3, 0.4) is 0 Å². The lowest BCUT2D eigenvalue weighted by atomic mass is 9.87. The lowest BCUT2D eigenvalue weighted by Gasteiger charge is -2.29. The van der Waals surface area contributed by atoms with E-state index in [0.29, 0.717) is 0 Å². The maximum atomic E-state index is 5.24. The molecule has 1 aromatic heterocycles. The van der Waals surface area contributed by atoms with Crippen LogP contribution < -0.4 is 4.90 Å². The van der Waals surface area contributed by atoms with Crippen LogP contribution in [0.2, 0.25) is 0 Å². The Hall–Kier alpha value is -6.51. The molecule has 0 amide bonds. The summed E-state index contributed by atoms with van der Waals surface area (Å²) < 4.78 is 0. The first kappa shape index (κ1) is 28.7. The minimum absolute atomic E-state index is 0.880. The number of anilines is 3. The summed E-state index contributed by atoms with van der Waals surface area (Å²) in [7, 11) is 0. The Morgan fingerprint density at radius 3 is 1.41 bits per heavy atom. The number of aromatic nitrogens is 1. The van der Waals surface area contributed by atoms with E-state index in [1.807, 2.05) is 0 Å². The lowest BCUT2D eigenvalue weighted by molar-refractivity contribution is 1.22. The topological polar surface area (TPSA) is 16.1 Å². The summed E-state index contributed by atoms with van der Waals surface area (Å²) in [6, 6.07) is 69.4. The molecule has 0 N–H and O–H groups in total. The van der Waals surface area contributed by atoms with Gasteiger partial charge >= 0.3 is 0 Å². The zero-order valence-corrected chi connectivity index (χ0v) is 26.9. The summed E-state index contributed by atoms with van der Waals surface area (Å²) in [6.45, 7) is 0.